The third-order valence-corrected chi connectivity index (χ3v) is 5.55. The van der Waals surface area contributed by atoms with Crippen molar-refractivity contribution in [3.63, 3.8) is 0 Å². The van der Waals surface area contributed by atoms with Crippen LogP contribution < -0.4 is 0 Å². The lowest BCUT2D eigenvalue weighted by atomic mass is 10.0. The standard InChI is InChI=1S/C20H23N3O2S/c1-14-6-5-7-15(12-14)19-21-22-20(25-19)26-13-18(24)23(17-10-11-17)16-8-3-2-4-9-16/h5-8,12,17H,2-4,9-11,13H2,1H3. The maximum Gasteiger partial charge on any atom is 0.277 e. The highest BCUT2D eigenvalue weighted by Gasteiger charge is 2.35. The Morgan fingerprint density at radius 3 is 2.92 bits per heavy atom. The molecule has 2 aliphatic rings. The third-order valence-electron chi connectivity index (χ3n) is 4.75. The van der Waals surface area contributed by atoms with E-state index >= 15 is 0 Å². The molecule has 6 heteroatoms. The van der Waals surface area contributed by atoms with Crippen molar-refractivity contribution in [2.24, 2.45) is 0 Å². The highest BCUT2D eigenvalue weighted by atomic mass is 32.2. The molecule has 1 fully saturated rings. The van der Waals surface area contributed by atoms with Crippen LogP contribution in [-0.4, -0.2) is 32.8 Å². The van der Waals surface area contributed by atoms with Gasteiger partial charge in [-0.2, -0.15) is 0 Å². The number of carbonyl (C=O) groups excluding carboxylic acids is 1. The molecule has 1 amide bonds. The van der Waals surface area contributed by atoms with Crippen molar-refractivity contribution >= 4 is 17.7 Å². The van der Waals surface area contributed by atoms with E-state index in [0.29, 0.717) is 22.9 Å². The molecule has 0 bridgehead atoms. The second-order valence-corrected chi connectivity index (χ2v) is 7.89. The molecule has 4 rings (SSSR count). The fourth-order valence-corrected chi connectivity index (χ4v) is 3.95. The van der Waals surface area contributed by atoms with E-state index in [4.69, 9.17) is 4.42 Å². The lowest BCUT2D eigenvalue weighted by molar-refractivity contribution is -0.127. The topological polar surface area (TPSA) is 59.2 Å². The van der Waals surface area contributed by atoms with Crippen molar-refractivity contribution in [3.05, 3.63) is 41.6 Å². The number of benzene rings is 1. The first kappa shape index (κ1) is 17.3. The molecule has 0 N–H and O–H groups in total. The van der Waals surface area contributed by atoms with E-state index in [1.165, 1.54) is 30.3 Å². The van der Waals surface area contributed by atoms with Gasteiger partial charge in [-0.05, 0) is 57.6 Å². The first-order chi connectivity index (χ1) is 12.7. The average molecular weight is 369 g/mol. The summed E-state index contributed by atoms with van der Waals surface area (Å²) in [6, 6.07) is 8.36. The summed E-state index contributed by atoms with van der Waals surface area (Å²) in [7, 11) is 0. The molecule has 26 heavy (non-hydrogen) atoms. The number of amides is 1. The van der Waals surface area contributed by atoms with Crippen molar-refractivity contribution < 1.29 is 9.21 Å². The number of hydrogen-bond donors (Lipinski definition) is 0. The molecular weight excluding hydrogens is 346 g/mol. The number of thioether (sulfide) groups is 1. The molecule has 2 aliphatic carbocycles. The van der Waals surface area contributed by atoms with E-state index in [1.807, 2.05) is 36.1 Å². The fraction of sp³-hybridized carbons (Fsp3) is 0.450. The summed E-state index contributed by atoms with van der Waals surface area (Å²) in [5.41, 5.74) is 3.27. The van der Waals surface area contributed by atoms with Crippen LogP contribution in [0.15, 0.2) is 45.7 Å². The predicted octanol–water partition coefficient (Wildman–Crippen LogP) is 4.59. The third kappa shape index (κ3) is 4.01. The van der Waals surface area contributed by atoms with Crippen molar-refractivity contribution in [2.75, 3.05) is 5.75 Å². The van der Waals surface area contributed by atoms with Gasteiger partial charge in [0.2, 0.25) is 11.8 Å². The highest BCUT2D eigenvalue weighted by Crippen LogP contribution is 2.34. The van der Waals surface area contributed by atoms with Gasteiger partial charge in [-0.3, -0.25) is 4.79 Å². The number of allylic oxidation sites excluding steroid dienone is 2. The summed E-state index contributed by atoms with van der Waals surface area (Å²) in [5.74, 6) is 0.988. The van der Waals surface area contributed by atoms with Crippen molar-refractivity contribution in [1.29, 1.82) is 0 Å². The van der Waals surface area contributed by atoms with E-state index in [1.54, 1.807) is 0 Å². The fourth-order valence-electron chi connectivity index (χ4n) is 3.33. The van der Waals surface area contributed by atoms with Gasteiger partial charge >= 0.3 is 0 Å². The van der Waals surface area contributed by atoms with Crippen LogP contribution in [0.5, 0.6) is 0 Å². The Hall–Kier alpha value is -2.08. The van der Waals surface area contributed by atoms with Crippen LogP contribution >= 0.6 is 11.8 Å². The Bertz CT molecular complexity index is 826. The van der Waals surface area contributed by atoms with Crippen LogP contribution in [0.3, 0.4) is 0 Å². The lowest BCUT2D eigenvalue weighted by Gasteiger charge is -2.27. The molecule has 136 valence electrons. The molecule has 1 aromatic heterocycles. The smallest absolute Gasteiger partial charge is 0.277 e. The van der Waals surface area contributed by atoms with Crippen LogP contribution in [0.1, 0.15) is 44.1 Å². The number of aryl methyl sites for hydroxylation is 1. The quantitative estimate of drug-likeness (QED) is 0.697. The van der Waals surface area contributed by atoms with Gasteiger partial charge < -0.3 is 9.32 Å². The first-order valence-electron chi connectivity index (χ1n) is 9.25. The summed E-state index contributed by atoms with van der Waals surface area (Å²) in [6.45, 7) is 2.03. The van der Waals surface area contributed by atoms with Gasteiger partial charge in [0.15, 0.2) is 0 Å². The van der Waals surface area contributed by atoms with Gasteiger partial charge in [0.25, 0.3) is 5.22 Å². The van der Waals surface area contributed by atoms with E-state index in [-0.39, 0.29) is 5.91 Å². The summed E-state index contributed by atoms with van der Waals surface area (Å²) >= 11 is 1.33. The van der Waals surface area contributed by atoms with E-state index in [9.17, 15) is 4.79 Å². The van der Waals surface area contributed by atoms with Gasteiger partial charge in [-0.25, -0.2) is 0 Å². The predicted molar refractivity (Wildman–Crippen MR) is 102 cm³/mol. The Labute approximate surface area is 157 Å². The zero-order valence-electron chi connectivity index (χ0n) is 15.0. The molecule has 0 saturated heterocycles. The minimum atomic E-state index is 0.154. The van der Waals surface area contributed by atoms with Crippen LogP contribution in [0.25, 0.3) is 11.5 Å². The summed E-state index contributed by atoms with van der Waals surface area (Å²) in [6.07, 6.45) is 8.99. The van der Waals surface area contributed by atoms with E-state index in [0.717, 1.165) is 36.8 Å². The van der Waals surface area contributed by atoms with Crippen molar-refractivity contribution in [2.45, 2.75) is 56.7 Å². The van der Waals surface area contributed by atoms with Gasteiger partial charge in [-0.15, -0.1) is 10.2 Å². The van der Waals surface area contributed by atoms with E-state index < -0.39 is 0 Å². The Kier molecular flexibility index (Phi) is 5.11. The maximum atomic E-state index is 12.8. The SMILES string of the molecule is Cc1cccc(-c2nnc(SCC(=O)N(C3=CCCCC3)C3CC3)o2)c1. The molecule has 1 aromatic carbocycles. The lowest BCUT2D eigenvalue weighted by Crippen LogP contribution is -2.34. The van der Waals surface area contributed by atoms with E-state index in [2.05, 4.69) is 16.3 Å². The maximum absolute atomic E-state index is 12.8. The highest BCUT2D eigenvalue weighted by molar-refractivity contribution is 7.99. The monoisotopic (exact) mass is 369 g/mol. The summed E-state index contributed by atoms with van der Waals surface area (Å²) in [4.78, 5) is 14.8. The normalized spacial score (nSPS) is 17.0. The summed E-state index contributed by atoms with van der Waals surface area (Å²) in [5, 5.41) is 8.65. The molecule has 0 aliphatic heterocycles. The minimum Gasteiger partial charge on any atom is -0.411 e. The van der Waals surface area contributed by atoms with Crippen LogP contribution in [0.4, 0.5) is 0 Å². The zero-order chi connectivity index (χ0) is 17.9. The molecule has 0 atom stereocenters. The second kappa shape index (κ2) is 7.66. The molecule has 2 aromatic rings. The number of carbonyl (C=O) groups is 1. The Balaban J connectivity index is 1.40. The number of nitrogens with zero attached hydrogens (tertiary/aromatic N) is 3. The first-order valence-corrected chi connectivity index (χ1v) is 10.2. The summed E-state index contributed by atoms with van der Waals surface area (Å²) < 4.78 is 5.73. The Morgan fingerprint density at radius 2 is 2.19 bits per heavy atom. The number of rotatable bonds is 6. The molecular formula is C20H23N3O2S. The number of aromatic nitrogens is 2. The number of hydrogen-bond acceptors (Lipinski definition) is 5. The zero-order valence-corrected chi connectivity index (χ0v) is 15.8. The van der Waals surface area contributed by atoms with Crippen molar-refractivity contribution in [3.8, 4) is 11.5 Å². The minimum absolute atomic E-state index is 0.154. The average Bonchev–Trinajstić information content (AvgIpc) is 3.37. The molecule has 0 unspecified atom stereocenters. The molecule has 5 nitrogen and oxygen atoms in total. The Morgan fingerprint density at radius 1 is 1.31 bits per heavy atom. The molecule has 0 radical (unpaired) electrons. The van der Waals surface area contributed by atoms with Crippen LogP contribution in [0, 0.1) is 6.92 Å². The largest absolute Gasteiger partial charge is 0.411 e. The van der Waals surface area contributed by atoms with Gasteiger partial charge in [0.1, 0.15) is 0 Å². The molecule has 1 saturated carbocycles. The van der Waals surface area contributed by atoms with Crippen LogP contribution in [0.2, 0.25) is 0 Å². The second-order valence-electron chi connectivity index (χ2n) is 6.97. The van der Waals surface area contributed by atoms with Gasteiger partial charge in [0.05, 0.1) is 5.75 Å². The van der Waals surface area contributed by atoms with Crippen molar-refractivity contribution in [1.82, 2.24) is 15.1 Å². The van der Waals surface area contributed by atoms with Gasteiger partial charge in [0, 0.05) is 17.3 Å². The van der Waals surface area contributed by atoms with Gasteiger partial charge in [-0.1, -0.05) is 35.5 Å². The molecule has 1 heterocycles. The molecule has 0 spiro atoms. The van der Waals surface area contributed by atoms with Crippen LogP contribution in [-0.2, 0) is 4.79 Å².